The van der Waals surface area contributed by atoms with Gasteiger partial charge in [-0.1, -0.05) is 6.07 Å². The van der Waals surface area contributed by atoms with Crippen molar-refractivity contribution in [1.82, 2.24) is 9.88 Å². The fraction of sp³-hybridized carbons (Fsp3) is 0.333. The number of methoxy groups -OCH3 is 1. The second kappa shape index (κ2) is 8.81. The molecule has 0 aliphatic carbocycles. The first kappa shape index (κ1) is 19.1. The summed E-state index contributed by atoms with van der Waals surface area (Å²) in [5.41, 5.74) is 0.656. The van der Waals surface area contributed by atoms with Crippen molar-refractivity contribution in [3.05, 3.63) is 41.4 Å². The highest BCUT2D eigenvalue weighted by Gasteiger charge is 2.21. The number of anilines is 1. The Labute approximate surface area is 159 Å². The summed E-state index contributed by atoms with van der Waals surface area (Å²) < 4.78 is 34.2. The van der Waals surface area contributed by atoms with Crippen LogP contribution in [0.1, 0.15) is 5.56 Å². The molecule has 0 unspecified atom stereocenters. The third-order valence-corrected chi connectivity index (χ3v) is 4.94. The molecule has 9 heteroatoms. The summed E-state index contributed by atoms with van der Waals surface area (Å²) in [6.07, 6.45) is 4.87. The first-order chi connectivity index (χ1) is 13.1. The molecule has 0 radical (unpaired) electrons. The number of amides is 1. The first-order valence-electron chi connectivity index (χ1n) is 8.31. The number of benzene rings is 1. The van der Waals surface area contributed by atoms with Crippen molar-refractivity contribution in [1.29, 1.82) is 0 Å². The predicted molar refractivity (Wildman–Crippen MR) is 99.6 cm³/mol. The van der Waals surface area contributed by atoms with E-state index in [0.29, 0.717) is 18.7 Å². The average Bonchev–Trinajstić information content (AvgIpc) is 3.21. The van der Waals surface area contributed by atoms with Gasteiger partial charge in [-0.05, 0) is 23.8 Å². The molecule has 0 atom stereocenters. The smallest absolute Gasteiger partial charge is 0.387 e. The lowest BCUT2D eigenvalue weighted by atomic mass is 10.2. The van der Waals surface area contributed by atoms with Crippen LogP contribution in [0.4, 0.5) is 13.9 Å². The van der Waals surface area contributed by atoms with Gasteiger partial charge in [0, 0.05) is 43.8 Å². The van der Waals surface area contributed by atoms with Gasteiger partial charge in [-0.25, -0.2) is 4.98 Å². The van der Waals surface area contributed by atoms with Crippen LogP contribution in [0.3, 0.4) is 0 Å². The zero-order valence-electron chi connectivity index (χ0n) is 14.7. The maximum Gasteiger partial charge on any atom is 0.387 e. The molecule has 1 aliphatic heterocycles. The van der Waals surface area contributed by atoms with E-state index in [4.69, 9.17) is 4.74 Å². The zero-order chi connectivity index (χ0) is 19.2. The largest absolute Gasteiger partial charge is 0.493 e. The SMILES string of the molecule is COc1cc(/C=C/C(=O)N2CCN(c3nccs3)CC2)ccc1OC(F)F. The molecule has 0 N–H and O–H groups in total. The topological polar surface area (TPSA) is 54.9 Å². The van der Waals surface area contributed by atoms with Gasteiger partial charge in [0.2, 0.25) is 5.91 Å². The molecule has 1 aromatic heterocycles. The summed E-state index contributed by atoms with van der Waals surface area (Å²) in [7, 11) is 1.37. The number of rotatable bonds is 6. The highest BCUT2D eigenvalue weighted by Crippen LogP contribution is 2.30. The molecule has 3 rings (SSSR count). The third kappa shape index (κ3) is 4.94. The van der Waals surface area contributed by atoms with Gasteiger partial charge in [-0.15, -0.1) is 11.3 Å². The van der Waals surface area contributed by atoms with E-state index in [2.05, 4.69) is 14.6 Å². The predicted octanol–water partition coefficient (Wildman–Crippen LogP) is 3.12. The third-order valence-electron chi connectivity index (χ3n) is 4.10. The van der Waals surface area contributed by atoms with Crippen molar-refractivity contribution in [3.8, 4) is 11.5 Å². The monoisotopic (exact) mass is 395 g/mol. The number of hydrogen-bond donors (Lipinski definition) is 0. The molecule has 0 spiro atoms. The second-order valence-electron chi connectivity index (χ2n) is 5.75. The van der Waals surface area contributed by atoms with Crippen molar-refractivity contribution in [2.24, 2.45) is 0 Å². The van der Waals surface area contributed by atoms with Gasteiger partial charge in [0.05, 0.1) is 7.11 Å². The van der Waals surface area contributed by atoms with Crippen LogP contribution in [0.25, 0.3) is 6.08 Å². The van der Waals surface area contributed by atoms with Gasteiger partial charge in [0.15, 0.2) is 16.6 Å². The normalized spacial score (nSPS) is 14.8. The summed E-state index contributed by atoms with van der Waals surface area (Å²) in [6.45, 7) is -0.216. The van der Waals surface area contributed by atoms with Crippen molar-refractivity contribution in [2.45, 2.75) is 6.61 Å². The molecule has 27 heavy (non-hydrogen) atoms. The van der Waals surface area contributed by atoms with Crippen molar-refractivity contribution < 1.29 is 23.0 Å². The molecule has 144 valence electrons. The van der Waals surface area contributed by atoms with Gasteiger partial charge >= 0.3 is 6.61 Å². The van der Waals surface area contributed by atoms with Crippen molar-refractivity contribution in [3.63, 3.8) is 0 Å². The number of alkyl halides is 2. The van der Waals surface area contributed by atoms with E-state index in [1.165, 1.54) is 19.3 Å². The van der Waals surface area contributed by atoms with Crippen molar-refractivity contribution >= 4 is 28.5 Å². The van der Waals surface area contributed by atoms with Crippen LogP contribution in [0.2, 0.25) is 0 Å². The summed E-state index contributed by atoms with van der Waals surface area (Å²) >= 11 is 1.58. The molecule has 1 aromatic carbocycles. The summed E-state index contributed by atoms with van der Waals surface area (Å²) in [6, 6.07) is 4.52. The molecule has 0 bridgehead atoms. The molecule has 2 aromatic rings. The van der Waals surface area contributed by atoms with Crippen molar-refractivity contribution in [2.75, 3.05) is 38.2 Å². The van der Waals surface area contributed by atoms with E-state index in [0.717, 1.165) is 18.2 Å². The number of hydrogen-bond acceptors (Lipinski definition) is 6. The fourth-order valence-corrected chi connectivity index (χ4v) is 3.44. The maximum atomic E-state index is 12.4. The molecule has 2 heterocycles. The number of carbonyl (C=O) groups is 1. The van der Waals surface area contributed by atoms with Crippen LogP contribution in [-0.2, 0) is 4.79 Å². The Balaban J connectivity index is 1.58. The molecule has 0 saturated carbocycles. The molecular formula is C18H19F2N3O3S. The highest BCUT2D eigenvalue weighted by atomic mass is 32.1. The number of halogens is 2. The lowest BCUT2D eigenvalue weighted by molar-refractivity contribution is -0.126. The van der Waals surface area contributed by atoms with E-state index in [-0.39, 0.29) is 17.4 Å². The van der Waals surface area contributed by atoms with Gasteiger partial charge in [0.25, 0.3) is 0 Å². The molecule has 1 saturated heterocycles. The molecular weight excluding hydrogens is 376 g/mol. The number of nitrogens with zero attached hydrogens (tertiary/aromatic N) is 3. The average molecular weight is 395 g/mol. The van der Waals surface area contributed by atoms with E-state index in [1.807, 2.05) is 5.38 Å². The number of carbonyl (C=O) groups excluding carboxylic acids is 1. The maximum absolute atomic E-state index is 12.4. The lowest BCUT2D eigenvalue weighted by Crippen LogP contribution is -2.48. The number of piperazine rings is 1. The molecule has 1 amide bonds. The summed E-state index contributed by atoms with van der Waals surface area (Å²) in [4.78, 5) is 20.6. The van der Waals surface area contributed by atoms with E-state index >= 15 is 0 Å². The van der Waals surface area contributed by atoms with E-state index in [1.54, 1.807) is 40.6 Å². The second-order valence-corrected chi connectivity index (χ2v) is 6.62. The van der Waals surface area contributed by atoms with Gasteiger partial charge < -0.3 is 19.3 Å². The Bertz CT molecular complexity index is 791. The lowest BCUT2D eigenvalue weighted by Gasteiger charge is -2.34. The Hall–Kier alpha value is -2.68. The van der Waals surface area contributed by atoms with Crippen LogP contribution in [0.5, 0.6) is 11.5 Å². The van der Waals surface area contributed by atoms with E-state index in [9.17, 15) is 13.6 Å². The minimum Gasteiger partial charge on any atom is -0.493 e. The van der Waals surface area contributed by atoms with Gasteiger partial charge in [0.1, 0.15) is 0 Å². The molecule has 1 aliphatic rings. The Morgan fingerprint density at radius 2 is 2.04 bits per heavy atom. The highest BCUT2D eigenvalue weighted by molar-refractivity contribution is 7.13. The van der Waals surface area contributed by atoms with E-state index < -0.39 is 6.61 Å². The standard InChI is InChI=1S/C18H19F2N3O3S/c1-25-15-12-13(2-4-14(15)26-17(19)20)3-5-16(24)22-7-9-23(10-8-22)18-21-6-11-27-18/h2-6,11-12,17H,7-10H2,1H3/b5-3+. The van der Waals surface area contributed by atoms with Crippen LogP contribution in [0.15, 0.2) is 35.9 Å². The number of thiazole rings is 1. The quantitative estimate of drug-likeness (QED) is 0.704. The Morgan fingerprint density at radius 3 is 2.67 bits per heavy atom. The van der Waals surface area contributed by atoms with Crippen LogP contribution >= 0.6 is 11.3 Å². The zero-order valence-corrected chi connectivity index (χ0v) is 15.5. The van der Waals surface area contributed by atoms with Crippen LogP contribution < -0.4 is 14.4 Å². The summed E-state index contributed by atoms with van der Waals surface area (Å²) in [5.74, 6) is 0.0388. The minimum absolute atomic E-state index is 0.0470. The van der Waals surface area contributed by atoms with Crippen LogP contribution in [0, 0.1) is 0 Å². The number of aromatic nitrogens is 1. The van der Waals surface area contributed by atoms with Gasteiger partial charge in [-0.3, -0.25) is 4.79 Å². The Kier molecular flexibility index (Phi) is 6.23. The molecule has 1 fully saturated rings. The van der Waals surface area contributed by atoms with Crippen LogP contribution in [-0.4, -0.2) is 55.7 Å². The fourth-order valence-electron chi connectivity index (χ4n) is 2.74. The molecule has 6 nitrogen and oxygen atoms in total. The summed E-state index contributed by atoms with van der Waals surface area (Å²) in [5, 5.41) is 2.90. The Morgan fingerprint density at radius 1 is 1.26 bits per heavy atom. The minimum atomic E-state index is -2.93. The first-order valence-corrected chi connectivity index (χ1v) is 9.19. The number of ether oxygens (including phenoxy) is 2. The van der Waals surface area contributed by atoms with Gasteiger partial charge in [-0.2, -0.15) is 8.78 Å².